The minimum atomic E-state index is -0.963. The van der Waals surface area contributed by atoms with Gasteiger partial charge in [-0.2, -0.15) is 0 Å². The van der Waals surface area contributed by atoms with Gasteiger partial charge in [0.25, 0.3) is 5.91 Å². The lowest BCUT2D eigenvalue weighted by molar-refractivity contribution is -0.154. The van der Waals surface area contributed by atoms with Crippen LogP contribution in [0.1, 0.15) is 34.6 Å². The van der Waals surface area contributed by atoms with Gasteiger partial charge in [-0.05, 0) is 57.0 Å². The molecule has 1 aromatic heterocycles. The van der Waals surface area contributed by atoms with E-state index >= 15 is 0 Å². The Hall–Kier alpha value is -2.80. The number of nitrogens with one attached hydrogen (secondary N) is 1. The van der Waals surface area contributed by atoms with Crippen LogP contribution in [-0.2, 0) is 9.53 Å². The van der Waals surface area contributed by atoms with Gasteiger partial charge in [-0.15, -0.1) is 0 Å². The van der Waals surface area contributed by atoms with Crippen molar-refractivity contribution in [2.24, 2.45) is 5.41 Å². The van der Waals surface area contributed by atoms with E-state index < -0.39 is 11.4 Å². The number of aliphatic carboxylic acids is 1. The predicted octanol–water partition coefficient (Wildman–Crippen LogP) is 2.71. The molecule has 1 fully saturated rings. The first-order chi connectivity index (χ1) is 13.4. The number of amides is 1. The molecule has 0 aliphatic carbocycles. The standard InChI is InChI=1S/C21H26N2O5/c1-14-12-18(15(2)23(14)16-4-6-17(27-3)7-5-16)19(24)22-13-21(20(25)26)8-10-28-11-9-21/h4-7,12H,8-11,13H2,1-3H3,(H,22,24)(H,25,26). The van der Waals surface area contributed by atoms with Crippen molar-refractivity contribution in [3.8, 4) is 11.4 Å². The van der Waals surface area contributed by atoms with Gasteiger partial charge in [0.2, 0.25) is 0 Å². The second kappa shape index (κ2) is 8.06. The summed E-state index contributed by atoms with van der Waals surface area (Å²) < 4.78 is 12.5. The maximum atomic E-state index is 12.8. The molecule has 150 valence electrons. The third-order valence-electron chi connectivity index (χ3n) is 5.50. The lowest BCUT2D eigenvalue weighted by Gasteiger charge is -2.33. The van der Waals surface area contributed by atoms with Gasteiger partial charge in [-0.25, -0.2) is 0 Å². The number of hydrogen-bond donors (Lipinski definition) is 2. The highest BCUT2D eigenvalue weighted by molar-refractivity contribution is 5.96. The number of hydrogen-bond acceptors (Lipinski definition) is 4. The van der Waals surface area contributed by atoms with E-state index in [1.165, 1.54) is 0 Å². The Morgan fingerprint density at radius 1 is 1.21 bits per heavy atom. The van der Waals surface area contributed by atoms with Gasteiger partial charge < -0.3 is 24.5 Å². The maximum absolute atomic E-state index is 12.8. The first-order valence-electron chi connectivity index (χ1n) is 9.31. The molecular weight excluding hydrogens is 360 g/mol. The van der Waals surface area contributed by atoms with E-state index in [0.29, 0.717) is 31.6 Å². The zero-order valence-corrected chi connectivity index (χ0v) is 16.4. The summed E-state index contributed by atoms with van der Waals surface area (Å²) in [4.78, 5) is 24.6. The van der Waals surface area contributed by atoms with Crippen LogP contribution in [0.5, 0.6) is 5.75 Å². The summed E-state index contributed by atoms with van der Waals surface area (Å²) in [6.07, 6.45) is 0.793. The number of carbonyl (C=O) groups excluding carboxylic acids is 1. The lowest BCUT2D eigenvalue weighted by atomic mass is 9.80. The largest absolute Gasteiger partial charge is 0.497 e. The van der Waals surface area contributed by atoms with E-state index in [4.69, 9.17) is 9.47 Å². The van der Waals surface area contributed by atoms with E-state index in [2.05, 4.69) is 5.32 Å². The summed E-state index contributed by atoms with van der Waals surface area (Å²) in [7, 11) is 1.62. The van der Waals surface area contributed by atoms with Crippen LogP contribution >= 0.6 is 0 Å². The Balaban J connectivity index is 1.80. The van der Waals surface area contributed by atoms with Gasteiger partial charge in [0.1, 0.15) is 5.75 Å². The highest BCUT2D eigenvalue weighted by Gasteiger charge is 2.40. The van der Waals surface area contributed by atoms with Gasteiger partial charge in [0, 0.05) is 36.8 Å². The number of carboxylic acids is 1. The van der Waals surface area contributed by atoms with Crippen LogP contribution in [0.15, 0.2) is 30.3 Å². The van der Waals surface area contributed by atoms with Gasteiger partial charge in [0.05, 0.1) is 18.1 Å². The van der Waals surface area contributed by atoms with Crippen molar-refractivity contribution in [3.63, 3.8) is 0 Å². The highest BCUT2D eigenvalue weighted by Crippen LogP contribution is 2.30. The molecule has 2 N–H and O–H groups in total. The van der Waals surface area contributed by atoms with Crippen LogP contribution in [0.2, 0.25) is 0 Å². The first-order valence-corrected chi connectivity index (χ1v) is 9.31. The van der Waals surface area contributed by atoms with Crippen LogP contribution < -0.4 is 10.1 Å². The summed E-state index contributed by atoms with van der Waals surface area (Å²) in [5.74, 6) is -0.389. The minimum absolute atomic E-state index is 0.0940. The fourth-order valence-electron chi connectivity index (χ4n) is 3.69. The van der Waals surface area contributed by atoms with Gasteiger partial charge in [0.15, 0.2) is 0 Å². The zero-order chi connectivity index (χ0) is 20.3. The minimum Gasteiger partial charge on any atom is -0.497 e. The fraction of sp³-hybridized carbons (Fsp3) is 0.429. The van der Waals surface area contributed by atoms with Crippen LogP contribution in [0.4, 0.5) is 0 Å². The number of carbonyl (C=O) groups is 2. The zero-order valence-electron chi connectivity index (χ0n) is 16.4. The number of aromatic nitrogens is 1. The van der Waals surface area contributed by atoms with Crippen molar-refractivity contribution in [3.05, 3.63) is 47.3 Å². The Kier molecular flexibility index (Phi) is 5.74. The van der Waals surface area contributed by atoms with Gasteiger partial charge in [-0.1, -0.05) is 0 Å². The monoisotopic (exact) mass is 386 g/mol. The van der Waals surface area contributed by atoms with E-state index in [0.717, 1.165) is 22.8 Å². The average Bonchev–Trinajstić information content (AvgIpc) is 3.01. The molecule has 0 atom stereocenters. The Labute approximate surface area is 164 Å². The van der Waals surface area contributed by atoms with E-state index in [1.54, 1.807) is 7.11 Å². The van der Waals surface area contributed by atoms with Gasteiger partial charge in [-0.3, -0.25) is 9.59 Å². The van der Waals surface area contributed by atoms with Crippen molar-refractivity contribution >= 4 is 11.9 Å². The van der Waals surface area contributed by atoms with Crippen molar-refractivity contribution in [2.45, 2.75) is 26.7 Å². The summed E-state index contributed by atoms with van der Waals surface area (Å²) in [5, 5.41) is 12.5. The molecule has 1 aliphatic rings. The van der Waals surface area contributed by atoms with E-state index in [9.17, 15) is 14.7 Å². The first kappa shape index (κ1) is 19.9. The van der Waals surface area contributed by atoms with Crippen molar-refractivity contribution in [2.75, 3.05) is 26.9 Å². The Morgan fingerprint density at radius 2 is 1.86 bits per heavy atom. The van der Waals surface area contributed by atoms with Crippen LogP contribution in [-0.4, -0.2) is 48.4 Å². The Morgan fingerprint density at radius 3 is 2.43 bits per heavy atom. The number of aryl methyl sites for hydroxylation is 1. The third-order valence-corrected chi connectivity index (χ3v) is 5.50. The molecule has 1 aliphatic heterocycles. The predicted molar refractivity (Wildman–Crippen MR) is 104 cm³/mol. The summed E-state index contributed by atoms with van der Waals surface area (Å²) in [6, 6.07) is 9.43. The third kappa shape index (κ3) is 3.75. The summed E-state index contributed by atoms with van der Waals surface area (Å²) >= 11 is 0. The normalized spacial score (nSPS) is 15.8. The molecule has 3 rings (SSSR count). The van der Waals surface area contributed by atoms with Crippen molar-refractivity contribution in [1.82, 2.24) is 9.88 Å². The molecule has 1 aromatic carbocycles. The van der Waals surface area contributed by atoms with Crippen molar-refractivity contribution in [1.29, 1.82) is 0 Å². The molecular formula is C21H26N2O5. The molecule has 2 aromatic rings. The van der Waals surface area contributed by atoms with Crippen LogP contribution in [0.3, 0.4) is 0 Å². The van der Waals surface area contributed by atoms with Gasteiger partial charge >= 0.3 is 5.97 Å². The van der Waals surface area contributed by atoms with Crippen LogP contribution in [0, 0.1) is 19.3 Å². The molecule has 0 bridgehead atoms. The number of ether oxygens (including phenoxy) is 2. The highest BCUT2D eigenvalue weighted by atomic mass is 16.5. The number of nitrogens with zero attached hydrogens (tertiary/aromatic N) is 1. The average molecular weight is 386 g/mol. The molecule has 0 saturated carbocycles. The smallest absolute Gasteiger partial charge is 0.311 e. The van der Waals surface area contributed by atoms with Crippen LogP contribution in [0.25, 0.3) is 5.69 Å². The molecule has 1 amide bonds. The molecule has 0 unspecified atom stereocenters. The number of rotatable bonds is 6. The second-order valence-corrected chi connectivity index (χ2v) is 7.20. The lowest BCUT2D eigenvalue weighted by Crippen LogP contribution is -2.46. The topological polar surface area (TPSA) is 89.8 Å². The molecule has 2 heterocycles. The molecule has 7 nitrogen and oxygen atoms in total. The summed E-state index contributed by atoms with van der Waals surface area (Å²) in [6.45, 7) is 4.71. The van der Waals surface area contributed by atoms with E-state index in [-0.39, 0.29) is 12.5 Å². The molecule has 7 heteroatoms. The summed E-state index contributed by atoms with van der Waals surface area (Å²) in [5.41, 5.74) is 2.24. The SMILES string of the molecule is COc1ccc(-n2c(C)cc(C(=O)NCC3(C(=O)O)CCOCC3)c2C)cc1. The fourth-order valence-corrected chi connectivity index (χ4v) is 3.69. The second-order valence-electron chi connectivity index (χ2n) is 7.20. The Bertz CT molecular complexity index is 864. The molecule has 1 saturated heterocycles. The molecule has 28 heavy (non-hydrogen) atoms. The quantitative estimate of drug-likeness (QED) is 0.797. The maximum Gasteiger partial charge on any atom is 0.311 e. The van der Waals surface area contributed by atoms with Crippen molar-refractivity contribution < 1.29 is 24.2 Å². The van der Waals surface area contributed by atoms with E-state index in [1.807, 2.05) is 48.7 Å². The number of benzene rings is 1. The number of carboxylic acid groups (broad SMARTS) is 1. The molecule has 0 radical (unpaired) electrons. The number of methoxy groups -OCH3 is 1. The molecule has 0 spiro atoms.